The van der Waals surface area contributed by atoms with Gasteiger partial charge in [0.15, 0.2) is 0 Å². The molecule has 0 aliphatic rings. The summed E-state index contributed by atoms with van der Waals surface area (Å²) in [5, 5.41) is 2.73. The predicted octanol–water partition coefficient (Wildman–Crippen LogP) is 0.945. The highest BCUT2D eigenvalue weighted by Gasteiger charge is 2.21. The highest BCUT2D eigenvalue weighted by atomic mass is 32.2. The molecular weight excluding hydrogens is 358 g/mol. The minimum Gasteiger partial charge on any atom is -0.495 e. The molecule has 0 aliphatic heterocycles. The number of carbonyl (C=O) groups is 1. The fourth-order valence-corrected chi connectivity index (χ4v) is 3.38. The molecule has 8 nitrogen and oxygen atoms in total. The number of hydrogen-bond donors (Lipinski definition) is 2. The quantitative estimate of drug-likeness (QED) is 0.628. The first-order valence-electron chi connectivity index (χ1n) is 7.81. The van der Waals surface area contributed by atoms with Crippen LogP contribution in [0.4, 0.5) is 0 Å². The molecule has 2 aromatic rings. The van der Waals surface area contributed by atoms with E-state index in [-0.39, 0.29) is 35.9 Å². The summed E-state index contributed by atoms with van der Waals surface area (Å²) in [5.41, 5.74) is 1.05. The summed E-state index contributed by atoms with van der Waals surface area (Å²) < 4.78 is 37.3. The Morgan fingerprint density at radius 1 is 1.23 bits per heavy atom. The van der Waals surface area contributed by atoms with Crippen LogP contribution in [0.5, 0.6) is 5.75 Å². The van der Waals surface area contributed by atoms with Crippen LogP contribution >= 0.6 is 0 Å². The van der Waals surface area contributed by atoms with Gasteiger partial charge < -0.3 is 14.8 Å². The van der Waals surface area contributed by atoms with E-state index in [4.69, 9.17) is 9.47 Å². The summed E-state index contributed by atoms with van der Waals surface area (Å²) >= 11 is 0. The van der Waals surface area contributed by atoms with E-state index in [1.807, 2.05) is 6.07 Å². The predicted molar refractivity (Wildman–Crippen MR) is 95.5 cm³/mol. The van der Waals surface area contributed by atoms with Crippen LogP contribution in [0.1, 0.15) is 15.9 Å². The lowest BCUT2D eigenvalue weighted by Crippen LogP contribution is -2.28. The summed E-state index contributed by atoms with van der Waals surface area (Å²) in [5.74, 6) is -0.247. The number of rotatable bonds is 9. The topological polar surface area (TPSA) is 107 Å². The van der Waals surface area contributed by atoms with Gasteiger partial charge in [-0.3, -0.25) is 9.78 Å². The van der Waals surface area contributed by atoms with Crippen molar-refractivity contribution in [2.45, 2.75) is 11.4 Å². The molecule has 1 aromatic carbocycles. The minimum absolute atomic E-state index is 0.106. The third-order valence-corrected chi connectivity index (χ3v) is 4.97. The number of amides is 1. The molecule has 0 radical (unpaired) electrons. The Bertz CT molecular complexity index is 841. The van der Waals surface area contributed by atoms with Gasteiger partial charge in [-0.15, -0.1) is 0 Å². The monoisotopic (exact) mass is 379 g/mol. The zero-order valence-corrected chi connectivity index (χ0v) is 15.4. The Balaban J connectivity index is 2.18. The van der Waals surface area contributed by atoms with Crippen molar-refractivity contribution in [1.29, 1.82) is 0 Å². The molecule has 0 aliphatic carbocycles. The Morgan fingerprint density at radius 2 is 2.04 bits per heavy atom. The number of carbonyl (C=O) groups excluding carboxylic acids is 1. The van der Waals surface area contributed by atoms with Crippen molar-refractivity contribution in [2.75, 3.05) is 27.4 Å². The van der Waals surface area contributed by atoms with Gasteiger partial charge >= 0.3 is 0 Å². The fraction of sp³-hybridized carbons (Fsp3) is 0.294. The summed E-state index contributed by atoms with van der Waals surface area (Å²) in [7, 11) is -1.00. The molecule has 0 bridgehead atoms. The van der Waals surface area contributed by atoms with Crippen LogP contribution < -0.4 is 14.8 Å². The number of ether oxygens (including phenoxy) is 2. The Labute approximate surface area is 152 Å². The summed E-state index contributed by atoms with van der Waals surface area (Å²) in [6.45, 7) is 0.624. The molecule has 1 aromatic heterocycles. The zero-order chi connectivity index (χ0) is 19.0. The normalized spacial score (nSPS) is 11.2. The molecule has 1 amide bonds. The second kappa shape index (κ2) is 9.27. The van der Waals surface area contributed by atoms with Crippen LogP contribution in [0.15, 0.2) is 47.6 Å². The van der Waals surface area contributed by atoms with E-state index in [1.54, 1.807) is 18.5 Å². The van der Waals surface area contributed by atoms with E-state index >= 15 is 0 Å². The van der Waals surface area contributed by atoms with Crippen LogP contribution in [-0.2, 0) is 21.3 Å². The van der Waals surface area contributed by atoms with E-state index in [1.165, 1.54) is 32.4 Å². The van der Waals surface area contributed by atoms with Crippen LogP contribution in [0, 0.1) is 0 Å². The molecule has 2 N–H and O–H groups in total. The van der Waals surface area contributed by atoms with Crippen molar-refractivity contribution in [3.63, 3.8) is 0 Å². The molecule has 26 heavy (non-hydrogen) atoms. The maximum atomic E-state index is 12.5. The lowest BCUT2D eigenvalue weighted by Gasteiger charge is -2.12. The van der Waals surface area contributed by atoms with Crippen molar-refractivity contribution in [2.24, 2.45) is 0 Å². The van der Waals surface area contributed by atoms with Gasteiger partial charge in [-0.2, -0.15) is 0 Å². The van der Waals surface area contributed by atoms with Gasteiger partial charge in [-0.05, 0) is 29.8 Å². The zero-order valence-electron chi connectivity index (χ0n) is 14.6. The molecule has 140 valence electrons. The molecule has 0 spiro atoms. The van der Waals surface area contributed by atoms with Crippen molar-refractivity contribution < 1.29 is 22.7 Å². The number of aromatic nitrogens is 1. The second-order valence-corrected chi connectivity index (χ2v) is 7.04. The molecule has 2 rings (SSSR count). The molecule has 0 atom stereocenters. The Hall–Kier alpha value is -2.49. The van der Waals surface area contributed by atoms with E-state index in [2.05, 4.69) is 15.0 Å². The Morgan fingerprint density at radius 3 is 2.69 bits per heavy atom. The average molecular weight is 379 g/mol. The number of pyridine rings is 1. The van der Waals surface area contributed by atoms with Gasteiger partial charge in [0.2, 0.25) is 10.0 Å². The van der Waals surface area contributed by atoms with Gasteiger partial charge in [-0.25, -0.2) is 13.1 Å². The summed E-state index contributed by atoms with van der Waals surface area (Å²) in [6, 6.07) is 7.84. The van der Waals surface area contributed by atoms with Crippen LogP contribution in [0.25, 0.3) is 0 Å². The van der Waals surface area contributed by atoms with Crippen molar-refractivity contribution in [1.82, 2.24) is 15.0 Å². The maximum Gasteiger partial charge on any atom is 0.251 e. The van der Waals surface area contributed by atoms with E-state index in [0.29, 0.717) is 0 Å². The lowest BCUT2D eigenvalue weighted by atomic mass is 10.2. The van der Waals surface area contributed by atoms with Crippen LogP contribution in [0.2, 0.25) is 0 Å². The van der Waals surface area contributed by atoms with Gasteiger partial charge in [0, 0.05) is 38.2 Å². The number of hydrogen-bond acceptors (Lipinski definition) is 6. The first kappa shape index (κ1) is 19.8. The Kier molecular flexibility index (Phi) is 7.07. The first-order valence-corrected chi connectivity index (χ1v) is 9.30. The van der Waals surface area contributed by atoms with E-state index in [0.717, 1.165) is 5.56 Å². The average Bonchev–Trinajstić information content (AvgIpc) is 2.66. The molecule has 9 heteroatoms. The fourth-order valence-electron chi connectivity index (χ4n) is 2.17. The largest absolute Gasteiger partial charge is 0.495 e. The standard InChI is InChI=1S/C17H21N3O5S/c1-24-9-8-20-26(22,23)16-10-14(5-6-15(16)25-2)17(21)19-12-13-4-3-7-18-11-13/h3-7,10-11,20H,8-9,12H2,1-2H3,(H,19,21). The van der Waals surface area contributed by atoms with Crippen LogP contribution in [-0.4, -0.2) is 46.7 Å². The highest BCUT2D eigenvalue weighted by molar-refractivity contribution is 7.89. The third-order valence-electron chi connectivity index (χ3n) is 3.49. The minimum atomic E-state index is -3.84. The maximum absolute atomic E-state index is 12.5. The lowest BCUT2D eigenvalue weighted by molar-refractivity contribution is 0.0950. The van der Waals surface area contributed by atoms with Crippen LogP contribution in [0.3, 0.4) is 0 Å². The van der Waals surface area contributed by atoms with Crippen molar-refractivity contribution >= 4 is 15.9 Å². The summed E-state index contributed by atoms with van der Waals surface area (Å²) in [6.07, 6.45) is 3.28. The number of methoxy groups -OCH3 is 2. The number of benzene rings is 1. The van der Waals surface area contributed by atoms with E-state index < -0.39 is 15.9 Å². The SMILES string of the molecule is COCCNS(=O)(=O)c1cc(C(=O)NCc2cccnc2)ccc1OC. The van der Waals surface area contributed by atoms with Gasteiger partial charge in [-0.1, -0.05) is 6.07 Å². The van der Waals surface area contributed by atoms with Crippen molar-refractivity contribution in [3.05, 3.63) is 53.9 Å². The molecule has 1 heterocycles. The number of nitrogens with zero attached hydrogens (tertiary/aromatic N) is 1. The molecular formula is C17H21N3O5S. The van der Waals surface area contributed by atoms with Crippen molar-refractivity contribution in [3.8, 4) is 5.75 Å². The molecule has 0 saturated carbocycles. The number of nitrogens with one attached hydrogen (secondary N) is 2. The molecule has 0 fully saturated rings. The highest BCUT2D eigenvalue weighted by Crippen LogP contribution is 2.24. The smallest absolute Gasteiger partial charge is 0.251 e. The molecule has 0 saturated heterocycles. The second-order valence-electron chi connectivity index (χ2n) is 5.30. The summed E-state index contributed by atoms with van der Waals surface area (Å²) in [4.78, 5) is 16.2. The van der Waals surface area contributed by atoms with Gasteiger partial charge in [0.1, 0.15) is 10.6 Å². The van der Waals surface area contributed by atoms with Gasteiger partial charge in [0.25, 0.3) is 5.91 Å². The van der Waals surface area contributed by atoms with Gasteiger partial charge in [0.05, 0.1) is 13.7 Å². The molecule has 0 unspecified atom stereocenters. The van der Waals surface area contributed by atoms with E-state index in [9.17, 15) is 13.2 Å². The third kappa shape index (κ3) is 5.25. The number of sulfonamides is 1. The first-order chi connectivity index (χ1) is 12.5.